The van der Waals surface area contributed by atoms with Crippen LogP contribution in [0.4, 0.5) is 0 Å². The maximum atomic E-state index is 12.2. The van der Waals surface area contributed by atoms with E-state index in [1.807, 2.05) is 39.3 Å². The zero-order valence-corrected chi connectivity index (χ0v) is 14.8. The molecule has 3 aromatic heterocycles. The average Bonchev–Trinajstić information content (AvgIpc) is 3.14. The van der Waals surface area contributed by atoms with E-state index in [1.54, 1.807) is 23.0 Å². The number of thiazole rings is 1. The van der Waals surface area contributed by atoms with Gasteiger partial charge in [-0.25, -0.2) is 14.6 Å². The summed E-state index contributed by atoms with van der Waals surface area (Å²) in [7, 11) is 0. The van der Waals surface area contributed by atoms with E-state index in [1.165, 1.54) is 11.3 Å². The Balaban J connectivity index is 1.82. The van der Waals surface area contributed by atoms with Crippen LogP contribution in [0.15, 0.2) is 22.6 Å². The maximum Gasteiger partial charge on any atom is 0.261 e. The van der Waals surface area contributed by atoms with Gasteiger partial charge in [0.2, 0.25) is 0 Å². The summed E-state index contributed by atoms with van der Waals surface area (Å²) in [5.74, 6) is 0.460. The van der Waals surface area contributed by atoms with E-state index < -0.39 is 0 Å². The van der Waals surface area contributed by atoms with Crippen molar-refractivity contribution in [2.75, 3.05) is 0 Å². The Morgan fingerprint density at radius 3 is 2.67 bits per heavy atom. The molecule has 0 fully saturated rings. The number of aromatic amines is 1. The molecule has 0 aromatic carbocycles. The van der Waals surface area contributed by atoms with Crippen LogP contribution in [0.3, 0.4) is 0 Å². The molecule has 1 N–H and O–H groups in total. The Hall–Kier alpha value is -2.61. The molecule has 7 nitrogen and oxygen atoms in total. The third-order valence-corrected chi connectivity index (χ3v) is 4.27. The zero-order chi connectivity index (χ0) is 17.3. The van der Waals surface area contributed by atoms with Gasteiger partial charge in [0.15, 0.2) is 0 Å². The van der Waals surface area contributed by atoms with Crippen LogP contribution in [0.1, 0.15) is 38.0 Å². The lowest BCUT2D eigenvalue weighted by atomic mass is 10.1. The van der Waals surface area contributed by atoms with Crippen LogP contribution in [-0.4, -0.2) is 29.9 Å². The normalized spacial score (nSPS) is 12.2. The van der Waals surface area contributed by atoms with Crippen molar-refractivity contribution in [3.05, 3.63) is 45.3 Å². The lowest BCUT2D eigenvalue weighted by Gasteiger charge is -2.17. The highest BCUT2D eigenvalue weighted by atomic mass is 32.1. The molecule has 8 heteroatoms. The number of H-pyrrole nitrogens is 1. The van der Waals surface area contributed by atoms with E-state index in [2.05, 4.69) is 25.3 Å². The summed E-state index contributed by atoms with van der Waals surface area (Å²) in [5.41, 5.74) is 1.73. The lowest BCUT2D eigenvalue weighted by molar-refractivity contribution is 0.347. The Kier molecular flexibility index (Phi) is 4.15. The largest absolute Gasteiger partial charge is 0.306 e. The summed E-state index contributed by atoms with van der Waals surface area (Å²) in [6.45, 7) is 8.04. The van der Waals surface area contributed by atoms with Crippen LogP contribution in [0.5, 0.6) is 0 Å². The van der Waals surface area contributed by atoms with Gasteiger partial charge in [0.05, 0.1) is 17.3 Å². The molecule has 0 saturated carbocycles. The molecule has 0 bridgehead atoms. The second-order valence-electron chi connectivity index (χ2n) is 6.40. The zero-order valence-electron chi connectivity index (χ0n) is 13.9. The summed E-state index contributed by atoms with van der Waals surface area (Å²) in [6.07, 6.45) is 6.86. The Morgan fingerprint density at radius 1 is 1.29 bits per heavy atom. The van der Waals surface area contributed by atoms with Gasteiger partial charge in [0.25, 0.3) is 5.56 Å². The number of nitrogens with one attached hydrogen (secondary N) is 1. The van der Waals surface area contributed by atoms with Gasteiger partial charge >= 0.3 is 0 Å². The van der Waals surface area contributed by atoms with Crippen LogP contribution in [0.25, 0.3) is 22.7 Å². The van der Waals surface area contributed by atoms with Gasteiger partial charge in [-0.3, -0.25) is 4.79 Å². The second-order valence-corrected chi connectivity index (χ2v) is 7.26. The predicted molar refractivity (Wildman–Crippen MR) is 94.6 cm³/mol. The molecule has 0 atom stereocenters. The molecule has 124 valence electrons. The van der Waals surface area contributed by atoms with Crippen molar-refractivity contribution in [1.29, 1.82) is 0 Å². The minimum absolute atomic E-state index is 0.126. The predicted octanol–water partition coefficient (Wildman–Crippen LogP) is 2.72. The van der Waals surface area contributed by atoms with Gasteiger partial charge in [-0.1, -0.05) is 5.21 Å². The maximum absolute atomic E-state index is 12.2. The molecule has 0 unspecified atom stereocenters. The summed E-state index contributed by atoms with van der Waals surface area (Å²) in [6, 6.07) is 0. The fraction of sp³-hybridized carbons (Fsp3) is 0.312. The van der Waals surface area contributed by atoms with Gasteiger partial charge < -0.3 is 4.98 Å². The van der Waals surface area contributed by atoms with Crippen LogP contribution >= 0.6 is 11.3 Å². The molecule has 24 heavy (non-hydrogen) atoms. The molecule has 0 amide bonds. The Labute approximate surface area is 143 Å². The minimum atomic E-state index is -0.211. The highest BCUT2D eigenvalue weighted by Crippen LogP contribution is 2.19. The van der Waals surface area contributed by atoms with Crippen LogP contribution in [0, 0.1) is 6.92 Å². The highest BCUT2D eigenvalue weighted by Gasteiger charge is 2.14. The molecular weight excluding hydrogens is 324 g/mol. The van der Waals surface area contributed by atoms with Gasteiger partial charge in [-0.2, -0.15) is 0 Å². The number of hydrogen-bond donors (Lipinski definition) is 1. The van der Waals surface area contributed by atoms with E-state index in [9.17, 15) is 4.79 Å². The number of rotatable bonds is 3. The van der Waals surface area contributed by atoms with Crippen molar-refractivity contribution in [2.24, 2.45) is 0 Å². The Morgan fingerprint density at radius 2 is 2.08 bits per heavy atom. The second kappa shape index (κ2) is 6.12. The van der Waals surface area contributed by atoms with Gasteiger partial charge in [0, 0.05) is 17.3 Å². The summed E-state index contributed by atoms with van der Waals surface area (Å²) < 4.78 is 1.79. The van der Waals surface area contributed by atoms with E-state index in [0.29, 0.717) is 22.1 Å². The lowest BCUT2D eigenvalue weighted by Crippen LogP contribution is -2.22. The van der Waals surface area contributed by atoms with Crippen LogP contribution in [0.2, 0.25) is 0 Å². The van der Waals surface area contributed by atoms with Crippen molar-refractivity contribution in [2.45, 2.75) is 33.2 Å². The quantitative estimate of drug-likeness (QED) is 0.790. The van der Waals surface area contributed by atoms with Crippen molar-refractivity contribution < 1.29 is 0 Å². The summed E-state index contributed by atoms with van der Waals surface area (Å²) in [5, 5.41) is 10.8. The van der Waals surface area contributed by atoms with Gasteiger partial charge in [-0.05, 0) is 39.8 Å². The first-order valence-corrected chi connectivity index (χ1v) is 8.33. The molecule has 0 aliphatic rings. The van der Waals surface area contributed by atoms with Crippen LogP contribution in [-0.2, 0) is 5.54 Å². The minimum Gasteiger partial charge on any atom is -0.306 e. The van der Waals surface area contributed by atoms with Crippen molar-refractivity contribution in [1.82, 2.24) is 29.9 Å². The summed E-state index contributed by atoms with van der Waals surface area (Å²) in [4.78, 5) is 23.5. The van der Waals surface area contributed by atoms with E-state index >= 15 is 0 Å². The first-order chi connectivity index (χ1) is 11.3. The molecule has 0 spiro atoms. The molecule has 0 aliphatic heterocycles. The smallest absolute Gasteiger partial charge is 0.261 e. The first kappa shape index (κ1) is 16.3. The van der Waals surface area contributed by atoms with Gasteiger partial charge in [0.1, 0.15) is 16.5 Å². The molecular formula is C16H18N6OS. The standard InChI is InChI=1S/C16H18N6OS/c1-10-9-24-15(18-10)12-7-17-13(19-14(12)23)6-5-11-8-22(21-20-11)16(2,3)4/h5-9H,1-4H3,(H,17,19,23)/b6-5+. The van der Waals surface area contributed by atoms with Crippen molar-refractivity contribution in [3.63, 3.8) is 0 Å². The molecule has 3 rings (SSSR count). The third kappa shape index (κ3) is 3.48. The number of aryl methyl sites for hydroxylation is 1. The SMILES string of the molecule is Cc1csc(-c2cnc(/C=C/c3cn(C(C)(C)C)nn3)[nH]c2=O)n1. The number of aromatic nitrogens is 6. The van der Waals surface area contributed by atoms with E-state index in [-0.39, 0.29) is 11.1 Å². The van der Waals surface area contributed by atoms with Crippen molar-refractivity contribution in [3.8, 4) is 10.6 Å². The first-order valence-electron chi connectivity index (χ1n) is 7.46. The molecule has 0 aliphatic carbocycles. The third-order valence-electron chi connectivity index (χ3n) is 3.28. The monoisotopic (exact) mass is 342 g/mol. The molecule has 3 heterocycles. The number of hydrogen-bond acceptors (Lipinski definition) is 6. The summed E-state index contributed by atoms with van der Waals surface area (Å²) >= 11 is 1.43. The van der Waals surface area contributed by atoms with E-state index in [0.717, 1.165) is 5.69 Å². The number of nitrogens with zero attached hydrogens (tertiary/aromatic N) is 5. The fourth-order valence-corrected chi connectivity index (χ4v) is 2.77. The molecule has 3 aromatic rings. The van der Waals surface area contributed by atoms with E-state index in [4.69, 9.17) is 0 Å². The molecule has 0 saturated heterocycles. The fourth-order valence-electron chi connectivity index (χ4n) is 1.97. The van der Waals surface area contributed by atoms with Crippen molar-refractivity contribution >= 4 is 23.5 Å². The Bertz CT molecular complexity index is 944. The average molecular weight is 342 g/mol. The molecule has 0 radical (unpaired) electrons. The topological polar surface area (TPSA) is 89.4 Å². The van der Waals surface area contributed by atoms with Gasteiger partial charge in [-0.15, -0.1) is 16.4 Å². The van der Waals surface area contributed by atoms with Crippen LogP contribution < -0.4 is 5.56 Å². The highest BCUT2D eigenvalue weighted by molar-refractivity contribution is 7.13.